The molecule has 19 heavy (non-hydrogen) atoms. The highest BCUT2D eigenvalue weighted by atomic mass is 19.4. The number of nitrogen functional groups attached to an aromatic ring is 1. The lowest BCUT2D eigenvalue weighted by molar-refractivity contribution is -0.179. The first kappa shape index (κ1) is 13.6. The van der Waals surface area contributed by atoms with Crippen molar-refractivity contribution in [2.75, 3.05) is 18.0 Å². The van der Waals surface area contributed by atoms with Crippen molar-refractivity contribution < 1.29 is 13.2 Å². The van der Waals surface area contributed by atoms with E-state index in [4.69, 9.17) is 11.1 Å². The van der Waals surface area contributed by atoms with Crippen molar-refractivity contribution in [3.05, 3.63) is 17.8 Å². The largest absolute Gasteiger partial charge is 0.391 e. The minimum atomic E-state index is -4.14. The summed E-state index contributed by atoms with van der Waals surface area (Å²) in [6.45, 7) is 0.478. The predicted octanol–water partition coefficient (Wildman–Crippen LogP) is 1.54. The SMILES string of the molecule is N=C(N)c1ccnnc1N1CCC(C(F)(F)F)CC1. The predicted molar refractivity (Wildman–Crippen MR) is 64.0 cm³/mol. The Bertz CT molecular complexity index is 466. The lowest BCUT2D eigenvalue weighted by atomic mass is 9.96. The molecular formula is C11H14F3N5. The lowest BCUT2D eigenvalue weighted by Gasteiger charge is -2.34. The van der Waals surface area contributed by atoms with Gasteiger partial charge < -0.3 is 10.6 Å². The topological polar surface area (TPSA) is 78.9 Å². The van der Waals surface area contributed by atoms with Crippen LogP contribution >= 0.6 is 0 Å². The van der Waals surface area contributed by atoms with E-state index in [0.29, 0.717) is 11.4 Å². The van der Waals surface area contributed by atoms with E-state index < -0.39 is 12.1 Å². The maximum absolute atomic E-state index is 12.6. The number of amidine groups is 1. The summed E-state index contributed by atoms with van der Waals surface area (Å²) >= 11 is 0. The Morgan fingerprint density at radius 1 is 1.37 bits per heavy atom. The summed E-state index contributed by atoms with van der Waals surface area (Å²) in [6, 6.07) is 1.54. The third kappa shape index (κ3) is 2.94. The maximum Gasteiger partial charge on any atom is 0.391 e. The number of piperidine rings is 1. The molecule has 2 rings (SSSR count). The number of aromatic nitrogens is 2. The molecule has 0 unspecified atom stereocenters. The van der Waals surface area contributed by atoms with Crippen molar-refractivity contribution in [3.8, 4) is 0 Å². The van der Waals surface area contributed by atoms with Crippen molar-refractivity contribution in [2.45, 2.75) is 19.0 Å². The third-order valence-electron chi connectivity index (χ3n) is 3.25. The van der Waals surface area contributed by atoms with Gasteiger partial charge in [-0.1, -0.05) is 0 Å². The maximum atomic E-state index is 12.6. The van der Waals surface area contributed by atoms with Gasteiger partial charge in [0, 0.05) is 13.1 Å². The first-order chi connectivity index (χ1) is 8.89. The molecule has 1 fully saturated rings. The van der Waals surface area contributed by atoms with Gasteiger partial charge in [-0.2, -0.15) is 18.3 Å². The average molecular weight is 273 g/mol. The molecule has 0 bridgehead atoms. The van der Waals surface area contributed by atoms with Crippen LogP contribution in [0.2, 0.25) is 0 Å². The molecule has 3 N–H and O–H groups in total. The van der Waals surface area contributed by atoms with E-state index in [1.165, 1.54) is 6.20 Å². The van der Waals surface area contributed by atoms with Crippen LogP contribution in [0.1, 0.15) is 18.4 Å². The van der Waals surface area contributed by atoms with Crippen molar-refractivity contribution in [2.24, 2.45) is 11.7 Å². The van der Waals surface area contributed by atoms with Crippen molar-refractivity contribution in [1.82, 2.24) is 10.2 Å². The quantitative estimate of drug-likeness (QED) is 0.633. The van der Waals surface area contributed by atoms with E-state index >= 15 is 0 Å². The van der Waals surface area contributed by atoms with Crippen LogP contribution in [0.4, 0.5) is 19.0 Å². The minimum absolute atomic E-state index is 0.0252. The Hall–Kier alpha value is -1.86. The number of halogens is 3. The molecule has 0 atom stereocenters. The fourth-order valence-electron chi connectivity index (χ4n) is 2.19. The van der Waals surface area contributed by atoms with E-state index in [-0.39, 0.29) is 31.8 Å². The van der Waals surface area contributed by atoms with Gasteiger partial charge in [-0.25, -0.2) is 0 Å². The Labute approximate surface area is 108 Å². The number of nitrogens with one attached hydrogen (secondary N) is 1. The van der Waals surface area contributed by atoms with Crippen LogP contribution in [0.15, 0.2) is 12.3 Å². The summed E-state index contributed by atoms with van der Waals surface area (Å²) < 4.78 is 37.7. The van der Waals surface area contributed by atoms with Gasteiger partial charge in [-0.05, 0) is 18.9 Å². The standard InChI is InChI=1S/C11H14F3N5/c12-11(13,14)7-2-5-19(6-3-7)10-8(9(15)16)1-4-17-18-10/h1,4,7H,2-3,5-6H2,(H3,15,16). The molecule has 0 aliphatic carbocycles. The average Bonchev–Trinajstić information content (AvgIpc) is 2.38. The van der Waals surface area contributed by atoms with E-state index in [0.717, 1.165) is 0 Å². The molecule has 0 aromatic carbocycles. The third-order valence-corrected chi connectivity index (χ3v) is 3.25. The van der Waals surface area contributed by atoms with Crippen LogP contribution in [0.3, 0.4) is 0 Å². The van der Waals surface area contributed by atoms with E-state index in [2.05, 4.69) is 10.2 Å². The van der Waals surface area contributed by atoms with Gasteiger partial charge in [0.1, 0.15) is 5.84 Å². The first-order valence-electron chi connectivity index (χ1n) is 5.87. The fraction of sp³-hybridized carbons (Fsp3) is 0.545. The monoisotopic (exact) mass is 273 g/mol. The molecule has 0 amide bonds. The Kier molecular flexibility index (Phi) is 3.59. The smallest absolute Gasteiger partial charge is 0.384 e. The molecule has 0 radical (unpaired) electrons. The minimum Gasteiger partial charge on any atom is -0.384 e. The number of nitrogens with zero attached hydrogens (tertiary/aromatic N) is 3. The molecule has 0 saturated carbocycles. The zero-order chi connectivity index (χ0) is 14.0. The second kappa shape index (κ2) is 5.02. The zero-order valence-corrected chi connectivity index (χ0v) is 10.1. The molecule has 1 aromatic rings. The van der Waals surface area contributed by atoms with Gasteiger partial charge in [0.15, 0.2) is 5.82 Å². The molecule has 1 aromatic heterocycles. The Morgan fingerprint density at radius 2 is 2.00 bits per heavy atom. The summed E-state index contributed by atoms with van der Waals surface area (Å²) in [5.41, 5.74) is 5.83. The van der Waals surface area contributed by atoms with Gasteiger partial charge in [0.2, 0.25) is 0 Å². The molecule has 5 nitrogen and oxygen atoms in total. The van der Waals surface area contributed by atoms with Gasteiger partial charge in [0.05, 0.1) is 17.7 Å². The molecule has 8 heteroatoms. The highest BCUT2D eigenvalue weighted by Gasteiger charge is 2.41. The first-order valence-corrected chi connectivity index (χ1v) is 5.87. The van der Waals surface area contributed by atoms with E-state index in [1.54, 1.807) is 11.0 Å². The van der Waals surface area contributed by atoms with Crippen LogP contribution in [-0.4, -0.2) is 35.3 Å². The van der Waals surface area contributed by atoms with Gasteiger partial charge in [0.25, 0.3) is 0 Å². The molecule has 1 aliphatic rings. The van der Waals surface area contributed by atoms with Crippen LogP contribution < -0.4 is 10.6 Å². The van der Waals surface area contributed by atoms with E-state index in [9.17, 15) is 13.2 Å². The second-order valence-corrected chi connectivity index (χ2v) is 4.49. The highest BCUT2D eigenvalue weighted by Crippen LogP contribution is 2.35. The van der Waals surface area contributed by atoms with Gasteiger partial charge in [-0.15, -0.1) is 5.10 Å². The van der Waals surface area contributed by atoms with Crippen molar-refractivity contribution in [3.63, 3.8) is 0 Å². The summed E-state index contributed by atoms with van der Waals surface area (Å²) in [7, 11) is 0. The summed E-state index contributed by atoms with van der Waals surface area (Å²) in [5.74, 6) is -1.04. The molecule has 1 saturated heterocycles. The molecule has 0 spiro atoms. The summed E-state index contributed by atoms with van der Waals surface area (Å²) in [6.07, 6.45) is -2.69. The van der Waals surface area contributed by atoms with Crippen LogP contribution in [0.25, 0.3) is 0 Å². The fourth-order valence-corrected chi connectivity index (χ4v) is 2.19. The molecule has 2 heterocycles. The number of rotatable bonds is 2. The summed E-state index contributed by atoms with van der Waals surface area (Å²) in [5, 5.41) is 15.0. The van der Waals surface area contributed by atoms with Crippen LogP contribution in [0, 0.1) is 11.3 Å². The van der Waals surface area contributed by atoms with Crippen molar-refractivity contribution in [1.29, 1.82) is 5.41 Å². The van der Waals surface area contributed by atoms with Crippen LogP contribution in [0.5, 0.6) is 0 Å². The zero-order valence-electron chi connectivity index (χ0n) is 10.1. The second-order valence-electron chi connectivity index (χ2n) is 4.49. The van der Waals surface area contributed by atoms with Gasteiger partial charge in [-0.3, -0.25) is 5.41 Å². The number of alkyl halides is 3. The lowest BCUT2D eigenvalue weighted by Crippen LogP contribution is -2.40. The number of hydrogen-bond acceptors (Lipinski definition) is 4. The molecule has 1 aliphatic heterocycles. The normalized spacial score (nSPS) is 17.5. The van der Waals surface area contributed by atoms with Crippen molar-refractivity contribution >= 4 is 11.7 Å². The van der Waals surface area contributed by atoms with Gasteiger partial charge >= 0.3 is 6.18 Å². The number of nitrogens with two attached hydrogens (primary N) is 1. The highest BCUT2D eigenvalue weighted by molar-refractivity contribution is 5.99. The van der Waals surface area contributed by atoms with Crippen LogP contribution in [-0.2, 0) is 0 Å². The summed E-state index contributed by atoms with van der Waals surface area (Å²) in [4.78, 5) is 1.70. The Morgan fingerprint density at radius 3 is 2.53 bits per heavy atom. The molecule has 104 valence electrons. The number of hydrogen-bond donors (Lipinski definition) is 2. The Balaban J connectivity index is 2.12. The molecular weight excluding hydrogens is 259 g/mol. The van der Waals surface area contributed by atoms with E-state index in [1.807, 2.05) is 0 Å². The number of anilines is 1.